The summed E-state index contributed by atoms with van der Waals surface area (Å²) in [4.78, 5) is 1.17. The van der Waals surface area contributed by atoms with Crippen molar-refractivity contribution in [3.05, 3.63) is 55.8 Å². The Morgan fingerprint density at radius 3 is 2.86 bits per heavy atom. The van der Waals surface area contributed by atoms with Crippen molar-refractivity contribution in [2.75, 3.05) is 6.54 Å². The van der Waals surface area contributed by atoms with Crippen molar-refractivity contribution in [3.8, 4) is 0 Å². The minimum atomic E-state index is 0.0433. The van der Waals surface area contributed by atoms with E-state index < -0.39 is 0 Å². The van der Waals surface area contributed by atoms with Crippen LogP contribution in [-0.2, 0) is 0 Å². The molecule has 0 spiro atoms. The molecule has 0 saturated carbocycles. The van der Waals surface area contributed by atoms with Crippen LogP contribution >= 0.6 is 38.9 Å². The van der Waals surface area contributed by atoms with Crippen molar-refractivity contribution in [1.29, 1.82) is 0 Å². The fraction of sp³-hybridized carbons (Fsp3) is 0.250. The Balaban J connectivity index is 2.03. The second-order valence-electron chi connectivity index (χ2n) is 4.84. The zero-order chi connectivity index (χ0) is 14.8. The predicted octanol–water partition coefficient (Wildman–Crippen LogP) is 6.00. The van der Waals surface area contributed by atoms with Crippen LogP contribution in [0.5, 0.6) is 0 Å². The third-order valence-corrected chi connectivity index (χ3v) is 5.20. The summed E-state index contributed by atoms with van der Waals surface area (Å²) in [5.74, 6) is 0.920. The van der Waals surface area contributed by atoms with Crippen molar-refractivity contribution in [2.45, 2.75) is 19.4 Å². The molecule has 0 fully saturated rings. The van der Waals surface area contributed by atoms with Gasteiger partial charge in [-0.15, -0.1) is 11.3 Å². The quantitative estimate of drug-likeness (QED) is 0.583. The lowest BCUT2D eigenvalue weighted by Gasteiger charge is -2.14. The molecule has 2 heterocycles. The smallest absolute Gasteiger partial charge is 0.148 e. The first-order valence-corrected chi connectivity index (χ1v) is 8.84. The van der Waals surface area contributed by atoms with Gasteiger partial charge in [-0.1, -0.05) is 30.7 Å². The van der Waals surface area contributed by atoms with Gasteiger partial charge in [-0.25, -0.2) is 0 Å². The van der Waals surface area contributed by atoms with Gasteiger partial charge in [0.2, 0.25) is 0 Å². The first-order valence-electron chi connectivity index (χ1n) is 6.85. The highest BCUT2D eigenvalue weighted by molar-refractivity contribution is 9.10. The SMILES string of the molecule is CCCNC(c1cc2cccc(Br)c2o1)c1ccc(Cl)s1. The Morgan fingerprint density at radius 1 is 1.33 bits per heavy atom. The van der Waals surface area contributed by atoms with Gasteiger partial charge < -0.3 is 9.73 Å². The molecule has 0 bridgehead atoms. The van der Waals surface area contributed by atoms with Gasteiger partial charge in [-0.05, 0) is 53.2 Å². The van der Waals surface area contributed by atoms with Crippen molar-refractivity contribution in [1.82, 2.24) is 5.32 Å². The van der Waals surface area contributed by atoms with Gasteiger partial charge in [0.25, 0.3) is 0 Å². The second-order valence-corrected chi connectivity index (χ2v) is 7.44. The maximum atomic E-state index is 6.08. The van der Waals surface area contributed by atoms with Crippen LogP contribution in [-0.4, -0.2) is 6.54 Å². The molecule has 5 heteroatoms. The number of hydrogen-bond donors (Lipinski definition) is 1. The van der Waals surface area contributed by atoms with E-state index in [1.807, 2.05) is 18.2 Å². The van der Waals surface area contributed by atoms with E-state index in [9.17, 15) is 0 Å². The van der Waals surface area contributed by atoms with Gasteiger partial charge in [0, 0.05) is 10.3 Å². The standard InChI is InChI=1S/C16H15BrClNOS/c1-2-8-19-15(13-6-7-14(18)21-13)12-9-10-4-3-5-11(17)16(10)20-12/h3-7,9,15,19H,2,8H2,1H3. The van der Waals surface area contributed by atoms with E-state index in [1.165, 1.54) is 4.88 Å². The topological polar surface area (TPSA) is 25.2 Å². The molecule has 3 rings (SSSR count). The average molecular weight is 385 g/mol. The van der Waals surface area contributed by atoms with Gasteiger partial charge in [0.15, 0.2) is 0 Å². The van der Waals surface area contributed by atoms with Crippen molar-refractivity contribution in [3.63, 3.8) is 0 Å². The van der Waals surface area contributed by atoms with Crippen molar-refractivity contribution in [2.24, 2.45) is 0 Å². The van der Waals surface area contributed by atoms with Gasteiger partial charge in [-0.2, -0.15) is 0 Å². The summed E-state index contributed by atoms with van der Waals surface area (Å²) in [6.07, 6.45) is 1.07. The predicted molar refractivity (Wildman–Crippen MR) is 93.4 cm³/mol. The fourth-order valence-corrected chi connectivity index (χ4v) is 3.91. The van der Waals surface area contributed by atoms with Crippen LogP contribution in [0.4, 0.5) is 0 Å². The molecule has 1 atom stereocenters. The molecule has 0 amide bonds. The first-order chi connectivity index (χ1) is 10.2. The summed E-state index contributed by atoms with van der Waals surface area (Å²) in [6.45, 7) is 3.08. The Morgan fingerprint density at radius 2 is 2.19 bits per heavy atom. The highest BCUT2D eigenvalue weighted by atomic mass is 79.9. The zero-order valence-corrected chi connectivity index (χ0v) is 14.7. The largest absolute Gasteiger partial charge is 0.458 e. The first kappa shape index (κ1) is 15.1. The number of nitrogens with one attached hydrogen (secondary N) is 1. The molecular formula is C16H15BrClNOS. The third kappa shape index (κ3) is 3.19. The van der Waals surface area contributed by atoms with E-state index in [1.54, 1.807) is 11.3 Å². The van der Waals surface area contributed by atoms with E-state index in [4.69, 9.17) is 16.0 Å². The molecule has 1 unspecified atom stereocenters. The normalized spacial score (nSPS) is 12.9. The summed E-state index contributed by atoms with van der Waals surface area (Å²) in [6, 6.07) is 12.2. The monoisotopic (exact) mass is 383 g/mol. The molecule has 21 heavy (non-hydrogen) atoms. The Hall–Kier alpha value is -0.810. The van der Waals surface area contributed by atoms with Crippen LogP contribution in [0.25, 0.3) is 11.0 Å². The zero-order valence-electron chi connectivity index (χ0n) is 11.5. The number of furan rings is 1. The molecule has 110 valence electrons. The number of fused-ring (bicyclic) bond motifs is 1. The summed E-state index contributed by atoms with van der Waals surface area (Å²) < 4.78 is 7.85. The van der Waals surface area contributed by atoms with E-state index in [0.717, 1.165) is 38.5 Å². The van der Waals surface area contributed by atoms with Gasteiger partial charge in [0.1, 0.15) is 17.4 Å². The lowest BCUT2D eigenvalue weighted by atomic mass is 10.1. The maximum absolute atomic E-state index is 6.08. The van der Waals surface area contributed by atoms with Crippen molar-refractivity contribution < 1.29 is 4.42 Å². The Labute approximate surface area is 141 Å². The van der Waals surface area contributed by atoms with Gasteiger partial charge >= 0.3 is 0 Å². The van der Waals surface area contributed by atoms with Gasteiger partial charge in [0.05, 0.1) is 8.81 Å². The molecular weight excluding hydrogens is 370 g/mol. The average Bonchev–Trinajstić information content (AvgIpc) is 3.07. The lowest BCUT2D eigenvalue weighted by Crippen LogP contribution is -2.21. The minimum absolute atomic E-state index is 0.0433. The van der Waals surface area contributed by atoms with E-state index >= 15 is 0 Å². The van der Waals surface area contributed by atoms with Crippen molar-refractivity contribution >= 4 is 49.8 Å². The molecule has 0 radical (unpaired) electrons. The molecule has 2 nitrogen and oxygen atoms in total. The molecule has 0 aliphatic rings. The molecule has 2 aromatic heterocycles. The lowest BCUT2D eigenvalue weighted by molar-refractivity contribution is 0.473. The van der Waals surface area contributed by atoms with Crippen LogP contribution < -0.4 is 5.32 Å². The summed E-state index contributed by atoms with van der Waals surface area (Å²) in [5.41, 5.74) is 0.887. The van der Waals surface area contributed by atoms with E-state index in [-0.39, 0.29) is 6.04 Å². The number of hydrogen-bond acceptors (Lipinski definition) is 3. The molecule has 1 N–H and O–H groups in total. The highest BCUT2D eigenvalue weighted by Gasteiger charge is 2.20. The van der Waals surface area contributed by atoms with Crippen LogP contribution in [0.1, 0.15) is 30.0 Å². The number of rotatable bonds is 5. The van der Waals surface area contributed by atoms with Crippen LogP contribution in [0.3, 0.4) is 0 Å². The fourth-order valence-electron chi connectivity index (χ4n) is 2.30. The highest BCUT2D eigenvalue weighted by Crippen LogP contribution is 2.35. The van der Waals surface area contributed by atoms with E-state index in [2.05, 4.69) is 46.4 Å². The molecule has 3 aromatic rings. The summed E-state index contributed by atoms with van der Waals surface area (Å²) in [5, 5.41) is 4.64. The molecule has 1 aromatic carbocycles. The number of para-hydroxylation sites is 1. The number of benzene rings is 1. The van der Waals surface area contributed by atoms with Crippen LogP contribution in [0, 0.1) is 0 Å². The molecule has 0 aliphatic heterocycles. The Bertz CT molecular complexity index is 752. The minimum Gasteiger partial charge on any atom is -0.458 e. The summed E-state index contributed by atoms with van der Waals surface area (Å²) in [7, 11) is 0. The van der Waals surface area contributed by atoms with Crippen LogP contribution in [0.15, 0.2) is 45.3 Å². The number of thiophene rings is 1. The molecule has 0 aliphatic carbocycles. The maximum Gasteiger partial charge on any atom is 0.148 e. The Kier molecular flexibility index (Phi) is 4.69. The third-order valence-electron chi connectivity index (χ3n) is 3.28. The number of halogens is 2. The van der Waals surface area contributed by atoms with E-state index in [0.29, 0.717) is 0 Å². The van der Waals surface area contributed by atoms with Gasteiger partial charge in [-0.3, -0.25) is 0 Å². The summed E-state index contributed by atoms with van der Waals surface area (Å²) >= 11 is 11.2. The molecule has 0 saturated heterocycles. The second kappa shape index (κ2) is 6.53. The van der Waals surface area contributed by atoms with Crippen LogP contribution in [0.2, 0.25) is 4.34 Å².